The maximum Gasteiger partial charge on any atom is 0.125 e. The molecule has 0 spiro atoms. The highest BCUT2D eigenvalue weighted by molar-refractivity contribution is 5.14. The topological polar surface area (TPSA) is 27.7 Å². The largest absolute Gasteiger partial charge is 0.493 e. The van der Waals surface area contributed by atoms with Crippen LogP contribution in [-0.4, -0.2) is 0 Å². The standard InChI is InChI=1S/C18H18O3/c1-3-7-17(8-4-1)15-20-13-11-19-12-14-21-16-18-9-5-2-6-10-18/h1-14H,15-16H2. The predicted octanol–water partition coefficient (Wildman–Crippen LogP) is 4.38. The maximum absolute atomic E-state index is 5.32. The molecule has 2 aromatic rings. The van der Waals surface area contributed by atoms with Crippen molar-refractivity contribution in [3.05, 3.63) is 96.8 Å². The fourth-order valence-corrected chi connectivity index (χ4v) is 1.63. The highest BCUT2D eigenvalue weighted by atomic mass is 16.5. The third-order valence-electron chi connectivity index (χ3n) is 2.65. The summed E-state index contributed by atoms with van der Waals surface area (Å²) in [7, 11) is 0. The molecule has 0 saturated carbocycles. The second kappa shape index (κ2) is 9.26. The van der Waals surface area contributed by atoms with E-state index >= 15 is 0 Å². The number of rotatable bonds is 8. The van der Waals surface area contributed by atoms with Gasteiger partial charge in [0.15, 0.2) is 0 Å². The molecular formula is C18H18O3. The number of ether oxygens (including phenoxy) is 3. The van der Waals surface area contributed by atoms with Crippen molar-refractivity contribution in [2.24, 2.45) is 0 Å². The Morgan fingerprint density at radius 3 is 1.43 bits per heavy atom. The van der Waals surface area contributed by atoms with Crippen molar-refractivity contribution in [3.8, 4) is 0 Å². The van der Waals surface area contributed by atoms with Gasteiger partial charge in [-0.1, -0.05) is 60.7 Å². The summed E-state index contributed by atoms with van der Waals surface area (Å²) in [6.45, 7) is 1.05. The molecule has 0 amide bonds. The van der Waals surface area contributed by atoms with E-state index in [2.05, 4.69) is 0 Å². The molecular weight excluding hydrogens is 264 g/mol. The van der Waals surface area contributed by atoms with E-state index in [0.717, 1.165) is 11.1 Å². The number of hydrogen-bond donors (Lipinski definition) is 0. The van der Waals surface area contributed by atoms with Gasteiger partial charge < -0.3 is 14.2 Å². The van der Waals surface area contributed by atoms with Crippen LogP contribution >= 0.6 is 0 Å². The Kier molecular flexibility index (Phi) is 6.49. The molecule has 0 aliphatic carbocycles. The van der Waals surface area contributed by atoms with Crippen LogP contribution in [0.4, 0.5) is 0 Å². The zero-order chi connectivity index (χ0) is 14.6. The summed E-state index contributed by atoms with van der Waals surface area (Å²) in [6, 6.07) is 19.9. The van der Waals surface area contributed by atoms with Crippen LogP contribution in [-0.2, 0) is 27.4 Å². The quantitative estimate of drug-likeness (QED) is 0.672. The third kappa shape index (κ3) is 6.34. The van der Waals surface area contributed by atoms with Crippen molar-refractivity contribution in [2.45, 2.75) is 13.2 Å². The monoisotopic (exact) mass is 282 g/mol. The summed E-state index contributed by atoms with van der Waals surface area (Å²) in [6.07, 6.45) is 5.94. The first-order chi connectivity index (χ1) is 10.4. The number of hydrogen-bond acceptors (Lipinski definition) is 3. The molecule has 0 heterocycles. The Labute approximate surface area is 125 Å². The van der Waals surface area contributed by atoms with E-state index in [-0.39, 0.29) is 0 Å². The first-order valence-electron chi connectivity index (χ1n) is 6.72. The van der Waals surface area contributed by atoms with E-state index in [9.17, 15) is 0 Å². The van der Waals surface area contributed by atoms with Crippen molar-refractivity contribution < 1.29 is 14.2 Å². The minimum absolute atomic E-state index is 0.523. The fourth-order valence-electron chi connectivity index (χ4n) is 1.63. The SMILES string of the molecule is C(=COCc1ccccc1)OC=COCc1ccccc1. The minimum atomic E-state index is 0.523. The lowest BCUT2D eigenvalue weighted by Gasteiger charge is -2.00. The molecule has 2 aromatic carbocycles. The highest BCUT2D eigenvalue weighted by Crippen LogP contribution is 2.01. The third-order valence-corrected chi connectivity index (χ3v) is 2.65. The molecule has 3 heteroatoms. The van der Waals surface area contributed by atoms with E-state index in [4.69, 9.17) is 14.2 Å². The van der Waals surface area contributed by atoms with Crippen molar-refractivity contribution in [3.63, 3.8) is 0 Å². The molecule has 0 aliphatic rings. The van der Waals surface area contributed by atoms with Crippen molar-refractivity contribution >= 4 is 0 Å². The van der Waals surface area contributed by atoms with E-state index in [0.29, 0.717) is 13.2 Å². The molecule has 0 aromatic heterocycles. The Balaban J connectivity index is 1.54. The van der Waals surface area contributed by atoms with Crippen LogP contribution < -0.4 is 0 Å². The smallest absolute Gasteiger partial charge is 0.125 e. The second-order valence-electron chi connectivity index (χ2n) is 4.27. The van der Waals surface area contributed by atoms with Gasteiger partial charge in [0, 0.05) is 0 Å². The molecule has 2 rings (SSSR count). The average Bonchev–Trinajstić information content (AvgIpc) is 2.55. The van der Waals surface area contributed by atoms with Gasteiger partial charge in [-0.25, -0.2) is 0 Å². The van der Waals surface area contributed by atoms with Crippen molar-refractivity contribution in [1.82, 2.24) is 0 Å². The summed E-state index contributed by atoms with van der Waals surface area (Å²) in [5.74, 6) is 0. The van der Waals surface area contributed by atoms with Gasteiger partial charge in [0.25, 0.3) is 0 Å². The maximum atomic E-state index is 5.32. The van der Waals surface area contributed by atoms with E-state index in [1.165, 1.54) is 25.0 Å². The Bertz CT molecular complexity index is 496. The van der Waals surface area contributed by atoms with Crippen LogP contribution in [0.5, 0.6) is 0 Å². The Morgan fingerprint density at radius 1 is 0.571 bits per heavy atom. The van der Waals surface area contributed by atoms with Gasteiger partial charge in [-0.15, -0.1) is 0 Å². The van der Waals surface area contributed by atoms with Crippen LogP contribution in [0.25, 0.3) is 0 Å². The van der Waals surface area contributed by atoms with Crippen LogP contribution in [0.3, 0.4) is 0 Å². The summed E-state index contributed by atoms with van der Waals surface area (Å²) in [5.41, 5.74) is 2.23. The molecule has 0 N–H and O–H groups in total. The molecule has 0 aliphatic heterocycles. The average molecular weight is 282 g/mol. The molecule has 0 saturated heterocycles. The predicted molar refractivity (Wildman–Crippen MR) is 81.8 cm³/mol. The molecule has 0 atom stereocenters. The molecule has 21 heavy (non-hydrogen) atoms. The van der Waals surface area contributed by atoms with Crippen LogP contribution in [0.1, 0.15) is 11.1 Å². The normalized spacial score (nSPS) is 10.9. The van der Waals surface area contributed by atoms with Crippen molar-refractivity contribution in [2.75, 3.05) is 0 Å². The van der Waals surface area contributed by atoms with E-state index < -0.39 is 0 Å². The molecule has 3 nitrogen and oxygen atoms in total. The van der Waals surface area contributed by atoms with E-state index in [1.54, 1.807) is 0 Å². The Morgan fingerprint density at radius 2 is 1.00 bits per heavy atom. The first kappa shape index (κ1) is 14.7. The molecule has 0 unspecified atom stereocenters. The van der Waals surface area contributed by atoms with Gasteiger partial charge in [0.05, 0.1) is 0 Å². The number of benzene rings is 2. The minimum Gasteiger partial charge on any atom is -0.493 e. The lowest BCUT2D eigenvalue weighted by molar-refractivity contribution is 0.211. The fraction of sp³-hybridized carbons (Fsp3) is 0.111. The van der Waals surface area contributed by atoms with Gasteiger partial charge in [-0.3, -0.25) is 0 Å². The van der Waals surface area contributed by atoms with Gasteiger partial charge in [-0.2, -0.15) is 0 Å². The lowest BCUT2D eigenvalue weighted by atomic mass is 10.2. The molecule has 0 bridgehead atoms. The van der Waals surface area contributed by atoms with Crippen LogP contribution in [0.15, 0.2) is 85.7 Å². The first-order valence-corrected chi connectivity index (χ1v) is 6.72. The second-order valence-corrected chi connectivity index (χ2v) is 4.27. The molecule has 108 valence electrons. The molecule has 0 fully saturated rings. The van der Waals surface area contributed by atoms with Crippen molar-refractivity contribution in [1.29, 1.82) is 0 Å². The lowest BCUT2D eigenvalue weighted by Crippen LogP contribution is -1.86. The zero-order valence-electron chi connectivity index (χ0n) is 11.7. The summed E-state index contributed by atoms with van der Waals surface area (Å²) in [5, 5.41) is 0. The van der Waals surface area contributed by atoms with Crippen LogP contribution in [0, 0.1) is 0 Å². The summed E-state index contributed by atoms with van der Waals surface area (Å²) in [4.78, 5) is 0. The highest BCUT2D eigenvalue weighted by Gasteiger charge is 1.88. The summed E-state index contributed by atoms with van der Waals surface area (Å²) >= 11 is 0. The van der Waals surface area contributed by atoms with Gasteiger partial charge >= 0.3 is 0 Å². The van der Waals surface area contributed by atoms with Gasteiger partial charge in [0.1, 0.15) is 38.3 Å². The summed E-state index contributed by atoms with van der Waals surface area (Å²) < 4.78 is 15.7. The van der Waals surface area contributed by atoms with Gasteiger partial charge in [-0.05, 0) is 11.1 Å². The van der Waals surface area contributed by atoms with Crippen LogP contribution in [0.2, 0.25) is 0 Å². The van der Waals surface area contributed by atoms with E-state index in [1.807, 2.05) is 60.7 Å². The van der Waals surface area contributed by atoms with Gasteiger partial charge in [0.2, 0.25) is 0 Å². The zero-order valence-corrected chi connectivity index (χ0v) is 11.7. The Hall–Kier alpha value is -2.68. The molecule has 0 radical (unpaired) electrons.